The van der Waals surface area contributed by atoms with E-state index in [2.05, 4.69) is 4.74 Å². The van der Waals surface area contributed by atoms with Crippen molar-refractivity contribution in [1.82, 2.24) is 4.90 Å². The molecule has 1 fully saturated rings. The van der Waals surface area contributed by atoms with E-state index in [0.717, 1.165) is 0 Å². The van der Waals surface area contributed by atoms with Crippen LogP contribution in [0.15, 0.2) is 0 Å². The van der Waals surface area contributed by atoms with E-state index in [0.29, 0.717) is 0 Å². The third-order valence-electron chi connectivity index (χ3n) is 3.06. The van der Waals surface area contributed by atoms with E-state index in [1.54, 1.807) is 6.92 Å². The van der Waals surface area contributed by atoms with Gasteiger partial charge in [-0.25, -0.2) is 4.79 Å². The lowest BCUT2D eigenvalue weighted by Crippen LogP contribution is -2.43. The average molecular weight is 303 g/mol. The van der Waals surface area contributed by atoms with Crippen LogP contribution in [0.5, 0.6) is 0 Å². The van der Waals surface area contributed by atoms with Gasteiger partial charge in [0.05, 0.1) is 26.2 Å². The number of amides is 1. The lowest BCUT2D eigenvalue weighted by atomic mass is 9.93. The second-order valence-electron chi connectivity index (χ2n) is 5.04. The molecule has 1 aliphatic rings. The van der Waals surface area contributed by atoms with Crippen molar-refractivity contribution < 1.29 is 33.3 Å². The highest BCUT2D eigenvalue weighted by Crippen LogP contribution is 2.19. The number of carbonyl (C=O) groups excluding carboxylic acids is 3. The number of ether oxygens (including phenoxy) is 4. The maximum absolute atomic E-state index is 12.0. The molecule has 0 aliphatic carbocycles. The Balaban J connectivity index is 2.41. The van der Waals surface area contributed by atoms with Crippen LogP contribution in [0.3, 0.4) is 0 Å². The molecule has 1 amide bonds. The molecular formula is C13H21NO7. The SMILES string of the molecule is COCC(C)(COC)C(=O)OCCN1CCC(=O)OC1=O. The summed E-state index contributed by atoms with van der Waals surface area (Å²) in [7, 11) is 2.98. The number of rotatable bonds is 8. The molecular weight excluding hydrogens is 282 g/mol. The Kier molecular flexibility index (Phi) is 6.57. The first-order chi connectivity index (χ1) is 9.92. The molecule has 8 nitrogen and oxygen atoms in total. The zero-order valence-electron chi connectivity index (χ0n) is 12.5. The second kappa shape index (κ2) is 7.94. The van der Waals surface area contributed by atoms with E-state index >= 15 is 0 Å². The molecule has 21 heavy (non-hydrogen) atoms. The largest absolute Gasteiger partial charge is 0.463 e. The van der Waals surface area contributed by atoms with Gasteiger partial charge in [-0.3, -0.25) is 9.59 Å². The molecule has 0 unspecified atom stereocenters. The Bertz CT molecular complexity index is 390. The van der Waals surface area contributed by atoms with Gasteiger partial charge < -0.3 is 23.8 Å². The predicted octanol–water partition coefficient (Wildman–Crippen LogP) is 0.198. The molecule has 0 aromatic carbocycles. The number of hydrogen-bond donors (Lipinski definition) is 0. The maximum atomic E-state index is 12.0. The minimum absolute atomic E-state index is 0.0190. The molecule has 1 aliphatic heterocycles. The normalized spacial score (nSPS) is 15.9. The number of esters is 2. The van der Waals surface area contributed by atoms with Crippen molar-refractivity contribution >= 4 is 18.0 Å². The van der Waals surface area contributed by atoms with Gasteiger partial charge in [0.25, 0.3) is 0 Å². The van der Waals surface area contributed by atoms with Crippen LogP contribution < -0.4 is 0 Å². The minimum atomic E-state index is -0.901. The summed E-state index contributed by atoms with van der Waals surface area (Å²) in [5.74, 6) is -1.01. The summed E-state index contributed by atoms with van der Waals surface area (Å²) in [5, 5.41) is 0. The van der Waals surface area contributed by atoms with Gasteiger partial charge in [0, 0.05) is 20.8 Å². The standard InChI is InChI=1S/C13H21NO7/c1-13(8-18-2,9-19-3)11(16)20-7-6-14-5-4-10(15)21-12(14)17/h4-9H2,1-3H3. The predicted molar refractivity (Wildman–Crippen MR) is 70.5 cm³/mol. The van der Waals surface area contributed by atoms with Crippen molar-refractivity contribution in [2.75, 3.05) is 47.1 Å². The molecule has 0 spiro atoms. The molecule has 0 radical (unpaired) electrons. The Morgan fingerprint density at radius 3 is 2.43 bits per heavy atom. The van der Waals surface area contributed by atoms with E-state index in [-0.39, 0.29) is 39.3 Å². The molecule has 0 aromatic heterocycles. The number of methoxy groups -OCH3 is 2. The van der Waals surface area contributed by atoms with Crippen molar-refractivity contribution in [3.05, 3.63) is 0 Å². The van der Waals surface area contributed by atoms with Gasteiger partial charge in [0.15, 0.2) is 0 Å². The minimum Gasteiger partial charge on any atom is -0.463 e. The Morgan fingerprint density at radius 1 is 1.29 bits per heavy atom. The van der Waals surface area contributed by atoms with Crippen LogP contribution in [0.2, 0.25) is 0 Å². The van der Waals surface area contributed by atoms with Crippen LogP contribution in [0, 0.1) is 5.41 Å². The van der Waals surface area contributed by atoms with Crippen molar-refractivity contribution in [1.29, 1.82) is 0 Å². The zero-order chi connectivity index (χ0) is 15.9. The van der Waals surface area contributed by atoms with Gasteiger partial charge in [-0.1, -0.05) is 0 Å². The van der Waals surface area contributed by atoms with Crippen LogP contribution >= 0.6 is 0 Å². The van der Waals surface area contributed by atoms with Gasteiger partial charge in [0.1, 0.15) is 12.0 Å². The van der Waals surface area contributed by atoms with Crippen molar-refractivity contribution in [3.63, 3.8) is 0 Å². The zero-order valence-corrected chi connectivity index (χ0v) is 12.5. The fourth-order valence-corrected chi connectivity index (χ4v) is 1.95. The molecule has 0 aromatic rings. The fraction of sp³-hybridized carbons (Fsp3) is 0.769. The molecule has 0 bridgehead atoms. The fourth-order valence-electron chi connectivity index (χ4n) is 1.95. The average Bonchev–Trinajstić information content (AvgIpc) is 2.41. The molecule has 1 heterocycles. The van der Waals surface area contributed by atoms with Crippen LogP contribution in [0.1, 0.15) is 13.3 Å². The van der Waals surface area contributed by atoms with Crippen LogP contribution in [-0.4, -0.2) is 70.1 Å². The van der Waals surface area contributed by atoms with Gasteiger partial charge in [-0.2, -0.15) is 0 Å². The third-order valence-corrected chi connectivity index (χ3v) is 3.06. The number of nitrogens with zero attached hydrogens (tertiary/aromatic N) is 1. The van der Waals surface area contributed by atoms with Gasteiger partial charge >= 0.3 is 18.0 Å². The summed E-state index contributed by atoms with van der Waals surface area (Å²) in [6, 6.07) is 0. The van der Waals surface area contributed by atoms with Crippen LogP contribution in [0.25, 0.3) is 0 Å². The lowest BCUT2D eigenvalue weighted by molar-refractivity contribution is -0.162. The maximum Gasteiger partial charge on any atom is 0.417 e. The molecule has 0 atom stereocenters. The highest BCUT2D eigenvalue weighted by Gasteiger charge is 2.35. The summed E-state index contributed by atoms with van der Waals surface area (Å²) in [5.41, 5.74) is -0.901. The second-order valence-corrected chi connectivity index (χ2v) is 5.04. The van der Waals surface area contributed by atoms with Gasteiger partial charge in [-0.15, -0.1) is 0 Å². The van der Waals surface area contributed by atoms with E-state index in [4.69, 9.17) is 14.2 Å². The highest BCUT2D eigenvalue weighted by atomic mass is 16.6. The van der Waals surface area contributed by atoms with E-state index in [1.807, 2.05) is 0 Å². The first kappa shape index (κ1) is 17.4. The van der Waals surface area contributed by atoms with Gasteiger partial charge in [-0.05, 0) is 6.92 Å². The summed E-state index contributed by atoms with van der Waals surface area (Å²) in [6.07, 6.45) is -0.566. The number of cyclic esters (lactones) is 2. The molecule has 120 valence electrons. The van der Waals surface area contributed by atoms with Gasteiger partial charge in [0.2, 0.25) is 0 Å². The Morgan fingerprint density at radius 2 is 1.90 bits per heavy atom. The molecule has 0 saturated carbocycles. The van der Waals surface area contributed by atoms with Crippen molar-refractivity contribution in [3.8, 4) is 0 Å². The van der Waals surface area contributed by atoms with Crippen molar-refractivity contribution in [2.45, 2.75) is 13.3 Å². The Hall–Kier alpha value is -1.67. The number of hydrogen-bond acceptors (Lipinski definition) is 7. The van der Waals surface area contributed by atoms with E-state index < -0.39 is 23.4 Å². The molecule has 0 N–H and O–H groups in total. The summed E-state index contributed by atoms with van der Waals surface area (Å²) in [4.78, 5) is 35.6. The smallest absolute Gasteiger partial charge is 0.417 e. The Labute approximate surface area is 123 Å². The summed E-state index contributed by atoms with van der Waals surface area (Å²) < 4.78 is 19.6. The molecule has 1 saturated heterocycles. The monoisotopic (exact) mass is 303 g/mol. The first-order valence-electron chi connectivity index (χ1n) is 6.57. The first-order valence-corrected chi connectivity index (χ1v) is 6.57. The topological polar surface area (TPSA) is 91.4 Å². The van der Waals surface area contributed by atoms with Crippen molar-refractivity contribution in [2.24, 2.45) is 5.41 Å². The summed E-state index contributed by atoms with van der Waals surface area (Å²) in [6.45, 7) is 2.47. The quantitative estimate of drug-likeness (QED) is 0.467. The summed E-state index contributed by atoms with van der Waals surface area (Å²) >= 11 is 0. The van der Waals surface area contributed by atoms with Crippen LogP contribution in [-0.2, 0) is 28.5 Å². The highest BCUT2D eigenvalue weighted by molar-refractivity contribution is 5.87. The third kappa shape index (κ3) is 4.98. The van der Waals surface area contributed by atoms with E-state index in [9.17, 15) is 14.4 Å². The lowest BCUT2D eigenvalue weighted by Gasteiger charge is -2.27. The molecule has 1 rings (SSSR count). The van der Waals surface area contributed by atoms with Crippen LogP contribution in [0.4, 0.5) is 4.79 Å². The van der Waals surface area contributed by atoms with E-state index in [1.165, 1.54) is 19.1 Å². The molecule has 8 heteroatoms. The number of carbonyl (C=O) groups is 3.